The van der Waals surface area contributed by atoms with Crippen molar-refractivity contribution < 1.29 is 0 Å². The Morgan fingerprint density at radius 1 is 1.14 bits per heavy atom. The quantitative estimate of drug-likeness (QED) is 0.519. The van der Waals surface area contributed by atoms with Crippen LogP contribution in [0, 0.1) is 0 Å². The van der Waals surface area contributed by atoms with Gasteiger partial charge in [-0.1, -0.05) is 30.2 Å². The van der Waals surface area contributed by atoms with E-state index in [2.05, 4.69) is 10.4 Å². The molecule has 0 saturated heterocycles. The summed E-state index contributed by atoms with van der Waals surface area (Å²) in [6, 6.07) is 7.81. The summed E-state index contributed by atoms with van der Waals surface area (Å²) in [5.41, 5.74) is 6.18. The molecule has 0 bridgehead atoms. The molecular weight excluding hydrogens is 284 g/mol. The third kappa shape index (κ3) is 3.34. The van der Waals surface area contributed by atoms with Crippen LogP contribution in [0.25, 0.3) is 0 Å². The molecule has 1 aromatic carbocycles. The predicted molar refractivity (Wildman–Crippen MR) is 85.4 cm³/mol. The second-order valence-corrected chi connectivity index (χ2v) is 5.86. The van der Waals surface area contributed by atoms with Crippen LogP contribution in [0.5, 0.6) is 0 Å². The average Bonchev–Trinajstić information content (AvgIpc) is 2.71. The zero-order chi connectivity index (χ0) is 14.7. The maximum atomic E-state index is 6.03. The lowest BCUT2D eigenvalue weighted by Gasteiger charge is -2.12. The van der Waals surface area contributed by atoms with Gasteiger partial charge in [0.15, 0.2) is 0 Å². The van der Waals surface area contributed by atoms with Gasteiger partial charge in [-0.2, -0.15) is 0 Å². The van der Waals surface area contributed by atoms with E-state index in [9.17, 15) is 0 Å². The van der Waals surface area contributed by atoms with Gasteiger partial charge in [0, 0.05) is 22.7 Å². The first-order valence-corrected chi connectivity index (χ1v) is 7.74. The largest absolute Gasteiger partial charge is 0.308 e. The fourth-order valence-corrected chi connectivity index (χ4v) is 3.06. The number of aromatic nitrogens is 2. The number of rotatable bonds is 3. The lowest BCUT2D eigenvalue weighted by atomic mass is 10.1. The van der Waals surface area contributed by atoms with E-state index in [4.69, 9.17) is 22.4 Å². The van der Waals surface area contributed by atoms with Crippen LogP contribution in [0.1, 0.15) is 41.9 Å². The second kappa shape index (κ2) is 6.41. The average molecular weight is 303 g/mol. The van der Waals surface area contributed by atoms with Gasteiger partial charge in [-0.15, -0.1) is 0 Å². The Hall–Kier alpha value is -1.65. The van der Waals surface area contributed by atoms with Crippen molar-refractivity contribution in [3.05, 3.63) is 51.9 Å². The highest BCUT2D eigenvalue weighted by molar-refractivity contribution is 6.30. The second-order valence-electron chi connectivity index (χ2n) is 5.43. The molecule has 2 aromatic rings. The minimum Gasteiger partial charge on any atom is -0.308 e. The van der Waals surface area contributed by atoms with Crippen molar-refractivity contribution in [2.45, 2.75) is 38.5 Å². The highest BCUT2D eigenvalue weighted by atomic mass is 35.5. The summed E-state index contributed by atoms with van der Waals surface area (Å²) < 4.78 is 0. The molecule has 0 aliphatic heterocycles. The number of hydrogen-bond acceptors (Lipinski definition) is 4. The number of nitrogens with two attached hydrogens (primary N) is 1. The standard InChI is InChI=1S/C16H19ClN4/c17-12-6-4-5-11(9-12)10-15-19-14-8-3-1-2-7-13(14)16(20-15)21-18/h4-6,9H,1-3,7-8,10,18H2,(H,19,20,21). The maximum Gasteiger partial charge on any atom is 0.147 e. The Morgan fingerprint density at radius 2 is 2.00 bits per heavy atom. The number of nitrogens with zero attached hydrogens (tertiary/aromatic N) is 2. The van der Waals surface area contributed by atoms with Crippen molar-refractivity contribution in [1.82, 2.24) is 9.97 Å². The van der Waals surface area contributed by atoms with Crippen molar-refractivity contribution in [3.63, 3.8) is 0 Å². The number of nitrogen functional groups attached to an aromatic ring is 1. The van der Waals surface area contributed by atoms with E-state index in [1.165, 1.54) is 24.8 Å². The summed E-state index contributed by atoms with van der Waals surface area (Å²) in [6.07, 6.45) is 6.29. The van der Waals surface area contributed by atoms with Crippen LogP contribution in [-0.4, -0.2) is 9.97 Å². The van der Waals surface area contributed by atoms with Crippen LogP contribution in [0.4, 0.5) is 5.82 Å². The van der Waals surface area contributed by atoms with Crippen LogP contribution in [0.15, 0.2) is 24.3 Å². The van der Waals surface area contributed by atoms with Crippen LogP contribution in [0.2, 0.25) is 5.02 Å². The van der Waals surface area contributed by atoms with Crippen molar-refractivity contribution in [3.8, 4) is 0 Å². The smallest absolute Gasteiger partial charge is 0.147 e. The third-order valence-electron chi connectivity index (χ3n) is 3.87. The molecule has 21 heavy (non-hydrogen) atoms. The van der Waals surface area contributed by atoms with Crippen molar-refractivity contribution in [1.29, 1.82) is 0 Å². The van der Waals surface area contributed by atoms with Gasteiger partial charge in [0.05, 0.1) is 0 Å². The molecule has 4 nitrogen and oxygen atoms in total. The first-order chi connectivity index (χ1) is 10.3. The molecule has 0 saturated carbocycles. The molecule has 3 N–H and O–H groups in total. The summed E-state index contributed by atoms with van der Waals surface area (Å²) in [7, 11) is 0. The summed E-state index contributed by atoms with van der Waals surface area (Å²) in [5.74, 6) is 7.22. The zero-order valence-electron chi connectivity index (χ0n) is 11.9. The first kappa shape index (κ1) is 14.3. The van der Waals surface area contributed by atoms with Gasteiger partial charge in [0.2, 0.25) is 0 Å². The molecule has 5 heteroatoms. The number of aryl methyl sites for hydroxylation is 1. The number of hydrazine groups is 1. The van der Waals surface area contributed by atoms with Gasteiger partial charge in [-0.05, 0) is 43.4 Å². The SMILES string of the molecule is NNc1nc(Cc2cccc(Cl)c2)nc2c1CCCCC2. The van der Waals surface area contributed by atoms with Crippen LogP contribution in [0.3, 0.4) is 0 Å². The van der Waals surface area contributed by atoms with Crippen molar-refractivity contribution in [2.75, 3.05) is 5.43 Å². The van der Waals surface area contributed by atoms with Crippen LogP contribution < -0.4 is 11.3 Å². The van der Waals surface area contributed by atoms with Gasteiger partial charge in [0.1, 0.15) is 11.6 Å². The Morgan fingerprint density at radius 3 is 2.81 bits per heavy atom. The maximum absolute atomic E-state index is 6.03. The molecule has 0 amide bonds. The fraction of sp³-hybridized carbons (Fsp3) is 0.375. The Kier molecular flexibility index (Phi) is 4.36. The van der Waals surface area contributed by atoms with Crippen molar-refractivity contribution >= 4 is 17.4 Å². The van der Waals surface area contributed by atoms with E-state index < -0.39 is 0 Å². The molecule has 0 radical (unpaired) electrons. The predicted octanol–water partition coefficient (Wildman–Crippen LogP) is 3.28. The molecular formula is C16H19ClN4. The third-order valence-corrected chi connectivity index (χ3v) is 4.10. The molecule has 1 aliphatic rings. The van der Waals surface area contributed by atoms with E-state index in [-0.39, 0.29) is 0 Å². The summed E-state index contributed by atoms with van der Waals surface area (Å²) in [6.45, 7) is 0. The Labute approximate surface area is 129 Å². The van der Waals surface area contributed by atoms with Gasteiger partial charge in [0.25, 0.3) is 0 Å². The van der Waals surface area contributed by atoms with Gasteiger partial charge in [-0.3, -0.25) is 0 Å². The molecule has 0 fully saturated rings. The minimum atomic E-state index is 0.669. The van der Waals surface area contributed by atoms with Gasteiger partial charge in [-0.25, -0.2) is 15.8 Å². The van der Waals surface area contributed by atoms with Crippen molar-refractivity contribution in [2.24, 2.45) is 5.84 Å². The van der Waals surface area contributed by atoms with Gasteiger partial charge >= 0.3 is 0 Å². The van der Waals surface area contributed by atoms with E-state index in [0.717, 1.165) is 40.8 Å². The highest BCUT2D eigenvalue weighted by Crippen LogP contribution is 2.25. The van der Waals surface area contributed by atoms with Crippen LogP contribution >= 0.6 is 11.6 Å². The number of benzene rings is 1. The molecule has 1 heterocycles. The molecule has 0 unspecified atom stereocenters. The number of fused-ring (bicyclic) bond motifs is 1. The molecule has 3 rings (SSSR count). The molecule has 0 atom stereocenters. The molecule has 1 aliphatic carbocycles. The highest BCUT2D eigenvalue weighted by Gasteiger charge is 2.16. The number of hydrogen-bond donors (Lipinski definition) is 2. The minimum absolute atomic E-state index is 0.669. The summed E-state index contributed by atoms with van der Waals surface area (Å²) in [5, 5.41) is 0.736. The zero-order valence-corrected chi connectivity index (χ0v) is 12.7. The summed E-state index contributed by atoms with van der Waals surface area (Å²) >= 11 is 6.03. The number of nitrogens with one attached hydrogen (secondary N) is 1. The molecule has 0 spiro atoms. The lowest BCUT2D eigenvalue weighted by molar-refractivity contribution is 0.708. The fourth-order valence-electron chi connectivity index (χ4n) is 2.85. The normalized spacial score (nSPS) is 14.4. The summed E-state index contributed by atoms with van der Waals surface area (Å²) in [4.78, 5) is 9.34. The Balaban J connectivity index is 1.94. The van der Waals surface area contributed by atoms with Gasteiger partial charge < -0.3 is 5.43 Å². The van der Waals surface area contributed by atoms with Crippen LogP contribution in [-0.2, 0) is 19.3 Å². The van der Waals surface area contributed by atoms with E-state index in [0.29, 0.717) is 6.42 Å². The Bertz CT molecular complexity index is 642. The first-order valence-electron chi connectivity index (χ1n) is 7.36. The monoisotopic (exact) mass is 302 g/mol. The van der Waals surface area contributed by atoms with E-state index in [1.54, 1.807) is 0 Å². The molecule has 110 valence electrons. The lowest BCUT2D eigenvalue weighted by Crippen LogP contribution is -2.15. The van der Waals surface area contributed by atoms with E-state index >= 15 is 0 Å². The molecule has 1 aromatic heterocycles. The topological polar surface area (TPSA) is 63.8 Å². The number of anilines is 1. The number of halogens is 1. The van der Waals surface area contributed by atoms with E-state index in [1.807, 2.05) is 24.3 Å².